The molecule has 0 bridgehead atoms. The van der Waals surface area contributed by atoms with E-state index in [1.165, 1.54) is 7.11 Å². The summed E-state index contributed by atoms with van der Waals surface area (Å²) in [6.07, 6.45) is 0.576. The van der Waals surface area contributed by atoms with Gasteiger partial charge in [-0.1, -0.05) is 37.0 Å². The van der Waals surface area contributed by atoms with E-state index in [2.05, 4.69) is 24.1 Å². The van der Waals surface area contributed by atoms with Crippen LogP contribution in [0.2, 0.25) is 10.0 Å². The molecule has 2 amide bonds. The van der Waals surface area contributed by atoms with Crippen molar-refractivity contribution in [2.45, 2.75) is 20.3 Å². The number of methoxy groups -OCH3 is 1. The molecule has 0 spiro atoms. The molecule has 31 heavy (non-hydrogen) atoms. The number of hydrogen-bond donors (Lipinski definition) is 1. The van der Waals surface area contributed by atoms with Gasteiger partial charge in [0.1, 0.15) is 5.75 Å². The molecular formula is C23H27Cl2N3O3. The quantitative estimate of drug-likeness (QED) is 0.658. The van der Waals surface area contributed by atoms with Crippen LogP contribution in [0.15, 0.2) is 36.4 Å². The molecule has 0 aromatic heterocycles. The Morgan fingerprint density at radius 1 is 1.06 bits per heavy atom. The van der Waals surface area contributed by atoms with E-state index in [1.54, 1.807) is 24.3 Å². The van der Waals surface area contributed by atoms with Crippen LogP contribution in [-0.2, 0) is 4.79 Å². The van der Waals surface area contributed by atoms with Gasteiger partial charge in [0.25, 0.3) is 5.91 Å². The van der Waals surface area contributed by atoms with Crippen molar-refractivity contribution in [3.8, 4) is 5.75 Å². The van der Waals surface area contributed by atoms with E-state index in [4.69, 9.17) is 27.9 Å². The fourth-order valence-electron chi connectivity index (χ4n) is 3.57. The molecule has 0 aliphatic carbocycles. The third-order valence-corrected chi connectivity index (χ3v) is 5.71. The standard InChI is InChI=1S/C23H27Cl2N3O3/c1-15(2)12-22(29)28-10-8-27(9-11-28)20-6-5-17(14-19(20)25)26-23(30)18-13-16(24)4-7-21(18)31-3/h4-7,13-15H,8-12H2,1-3H3,(H,26,30). The molecule has 0 unspecified atom stereocenters. The second-order valence-electron chi connectivity index (χ2n) is 7.93. The first-order valence-corrected chi connectivity index (χ1v) is 11.0. The number of ether oxygens (including phenoxy) is 1. The van der Waals surface area contributed by atoms with Gasteiger partial charge in [-0.25, -0.2) is 0 Å². The summed E-state index contributed by atoms with van der Waals surface area (Å²) in [6, 6.07) is 10.3. The van der Waals surface area contributed by atoms with Crippen LogP contribution in [-0.4, -0.2) is 50.0 Å². The number of nitrogens with one attached hydrogen (secondary N) is 1. The average molecular weight is 464 g/mol. The van der Waals surface area contributed by atoms with Gasteiger partial charge in [0, 0.05) is 43.3 Å². The van der Waals surface area contributed by atoms with E-state index in [-0.39, 0.29) is 11.8 Å². The summed E-state index contributed by atoms with van der Waals surface area (Å²) < 4.78 is 5.25. The third kappa shape index (κ3) is 5.83. The molecule has 1 aliphatic heterocycles. The number of halogens is 2. The van der Waals surface area contributed by atoms with Crippen molar-refractivity contribution in [2.75, 3.05) is 43.5 Å². The number of rotatable bonds is 6. The van der Waals surface area contributed by atoms with Gasteiger partial charge in [-0.15, -0.1) is 0 Å². The SMILES string of the molecule is COc1ccc(Cl)cc1C(=O)Nc1ccc(N2CCN(C(=O)CC(C)C)CC2)c(Cl)c1. The van der Waals surface area contributed by atoms with Crippen LogP contribution in [0, 0.1) is 5.92 Å². The maximum absolute atomic E-state index is 12.7. The van der Waals surface area contributed by atoms with Crippen LogP contribution < -0.4 is 15.0 Å². The van der Waals surface area contributed by atoms with E-state index in [0.717, 1.165) is 18.8 Å². The van der Waals surface area contributed by atoms with Gasteiger partial charge in [-0.2, -0.15) is 0 Å². The summed E-state index contributed by atoms with van der Waals surface area (Å²) in [5, 5.41) is 3.83. The van der Waals surface area contributed by atoms with E-state index in [9.17, 15) is 9.59 Å². The summed E-state index contributed by atoms with van der Waals surface area (Å²) in [5.74, 6) is 0.666. The second kappa shape index (κ2) is 10.2. The first-order chi connectivity index (χ1) is 14.8. The van der Waals surface area contributed by atoms with Crippen molar-refractivity contribution in [1.82, 2.24) is 4.90 Å². The molecule has 0 radical (unpaired) electrons. The van der Waals surface area contributed by atoms with Gasteiger partial charge >= 0.3 is 0 Å². The largest absolute Gasteiger partial charge is 0.496 e. The van der Waals surface area contributed by atoms with Crippen molar-refractivity contribution < 1.29 is 14.3 Å². The molecule has 1 aliphatic rings. The molecule has 3 rings (SSSR count). The molecular weight excluding hydrogens is 437 g/mol. The Hall–Kier alpha value is -2.44. The molecule has 8 heteroatoms. The zero-order valence-corrected chi connectivity index (χ0v) is 19.5. The van der Waals surface area contributed by atoms with Crippen LogP contribution in [0.4, 0.5) is 11.4 Å². The van der Waals surface area contributed by atoms with Gasteiger partial charge in [0.05, 0.1) is 23.4 Å². The Kier molecular flexibility index (Phi) is 7.68. The molecule has 166 valence electrons. The zero-order chi connectivity index (χ0) is 22.5. The fraction of sp³-hybridized carbons (Fsp3) is 0.391. The van der Waals surface area contributed by atoms with Crippen LogP contribution in [0.3, 0.4) is 0 Å². The summed E-state index contributed by atoms with van der Waals surface area (Å²) in [6.45, 7) is 6.89. The Morgan fingerprint density at radius 2 is 1.77 bits per heavy atom. The summed E-state index contributed by atoms with van der Waals surface area (Å²) in [4.78, 5) is 29.0. The van der Waals surface area contributed by atoms with E-state index < -0.39 is 0 Å². The predicted octanol–water partition coefficient (Wildman–Crippen LogP) is 4.95. The van der Waals surface area contributed by atoms with E-state index in [1.807, 2.05) is 17.0 Å². The lowest BCUT2D eigenvalue weighted by molar-refractivity contribution is -0.132. The van der Waals surface area contributed by atoms with Crippen LogP contribution >= 0.6 is 23.2 Å². The van der Waals surface area contributed by atoms with E-state index in [0.29, 0.717) is 52.5 Å². The van der Waals surface area contributed by atoms with Gasteiger partial charge in [0.15, 0.2) is 0 Å². The highest BCUT2D eigenvalue weighted by Crippen LogP contribution is 2.31. The molecule has 2 aromatic carbocycles. The molecule has 6 nitrogen and oxygen atoms in total. The minimum absolute atomic E-state index is 0.204. The molecule has 1 saturated heterocycles. The van der Waals surface area contributed by atoms with Gasteiger partial charge in [-0.05, 0) is 42.3 Å². The number of benzene rings is 2. The van der Waals surface area contributed by atoms with Crippen molar-refractivity contribution in [1.29, 1.82) is 0 Å². The molecule has 1 fully saturated rings. The minimum atomic E-state index is -0.333. The Balaban J connectivity index is 1.65. The Labute approximate surface area is 193 Å². The maximum atomic E-state index is 12.7. The highest BCUT2D eigenvalue weighted by atomic mass is 35.5. The van der Waals surface area contributed by atoms with Gasteiger partial charge in [0.2, 0.25) is 5.91 Å². The van der Waals surface area contributed by atoms with Crippen LogP contribution in [0.5, 0.6) is 5.75 Å². The zero-order valence-electron chi connectivity index (χ0n) is 18.0. The number of carbonyl (C=O) groups is 2. The fourth-order valence-corrected chi connectivity index (χ4v) is 4.04. The lowest BCUT2D eigenvalue weighted by Crippen LogP contribution is -2.49. The van der Waals surface area contributed by atoms with Crippen molar-refractivity contribution >= 4 is 46.4 Å². The number of carbonyl (C=O) groups excluding carboxylic acids is 2. The average Bonchev–Trinajstić information content (AvgIpc) is 2.73. The van der Waals surface area contributed by atoms with Crippen LogP contribution in [0.25, 0.3) is 0 Å². The van der Waals surface area contributed by atoms with Gasteiger partial charge in [-0.3, -0.25) is 9.59 Å². The summed E-state index contributed by atoms with van der Waals surface area (Å²) >= 11 is 12.5. The smallest absolute Gasteiger partial charge is 0.259 e. The van der Waals surface area contributed by atoms with Crippen molar-refractivity contribution in [2.24, 2.45) is 5.92 Å². The highest BCUT2D eigenvalue weighted by Gasteiger charge is 2.23. The molecule has 0 atom stereocenters. The lowest BCUT2D eigenvalue weighted by atomic mass is 10.1. The van der Waals surface area contributed by atoms with Crippen molar-refractivity contribution in [3.05, 3.63) is 52.0 Å². The lowest BCUT2D eigenvalue weighted by Gasteiger charge is -2.36. The number of hydrogen-bond acceptors (Lipinski definition) is 4. The highest BCUT2D eigenvalue weighted by molar-refractivity contribution is 6.33. The number of nitrogens with zero attached hydrogens (tertiary/aromatic N) is 2. The Bertz CT molecular complexity index is 957. The minimum Gasteiger partial charge on any atom is -0.496 e. The maximum Gasteiger partial charge on any atom is 0.259 e. The van der Waals surface area contributed by atoms with Crippen molar-refractivity contribution in [3.63, 3.8) is 0 Å². The molecule has 0 saturated carbocycles. The first-order valence-electron chi connectivity index (χ1n) is 10.3. The normalized spacial score (nSPS) is 14.0. The number of anilines is 2. The Morgan fingerprint density at radius 3 is 2.39 bits per heavy atom. The van der Waals surface area contributed by atoms with Gasteiger partial charge < -0.3 is 19.9 Å². The molecule has 1 heterocycles. The summed E-state index contributed by atoms with van der Waals surface area (Å²) in [7, 11) is 1.50. The number of piperazine rings is 1. The predicted molar refractivity (Wildman–Crippen MR) is 126 cm³/mol. The molecule has 2 aromatic rings. The first kappa shape index (κ1) is 23.2. The van der Waals surface area contributed by atoms with Crippen LogP contribution in [0.1, 0.15) is 30.6 Å². The second-order valence-corrected chi connectivity index (χ2v) is 8.77. The van der Waals surface area contributed by atoms with E-state index >= 15 is 0 Å². The number of amides is 2. The summed E-state index contributed by atoms with van der Waals surface area (Å²) in [5.41, 5.74) is 1.81. The molecule has 1 N–H and O–H groups in total. The third-order valence-electron chi connectivity index (χ3n) is 5.17. The topological polar surface area (TPSA) is 61.9 Å². The monoisotopic (exact) mass is 463 g/mol.